The molecule has 1 unspecified atom stereocenters. The van der Waals surface area contributed by atoms with Gasteiger partial charge in [-0.25, -0.2) is 0 Å². The van der Waals surface area contributed by atoms with Gasteiger partial charge in [0.05, 0.1) is 12.0 Å². The maximum absolute atomic E-state index is 9.09. The van der Waals surface area contributed by atoms with Crippen molar-refractivity contribution in [2.45, 2.75) is 31.6 Å². The van der Waals surface area contributed by atoms with Crippen LogP contribution in [0, 0.1) is 17.2 Å². The van der Waals surface area contributed by atoms with Gasteiger partial charge in [-0.15, -0.1) is 0 Å². The van der Waals surface area contributed by atoms with E-state index in [1.165, 1.54) is 25.7 Å². The molecule has 1 fully saturated rings. The Morgan fingerprint density at radius 2 is 2.23 bits per heavy atom. The summed E-state index contributed by atoms with van der Waals surface area (Å²) in [6.45, 7) is 0. The van der Waals surface area contributed by atoms with E-state index in [0.717, 1.165) is 5.56 Å². The molecule has 2 heteroatoms. The monoisotopic (exact) mass is 174 g/mol. The molecule has 1 aliphatic carbocycles. The molecule has 1 N–H and O–H groups in total. The third kappa shape index (κ3) is 1.60. The highest BCUT2D eigenvalue weighted by Gasteiger charge is 2.26. The van der Waals surface area contributed by atoms with Crippen LogP contribution in [0.2, 0.25) is 0 Å². The van der Waals surface area contributed by atoms with E-state index in [0.29, 0.717) is 5.92 Å². The Balaban J connectivity index is 2.14. The van der Waals surface area contributed by atoms with Crippen LogP contribution in [-0.4, -0.2) is 4.98 Å². The summed E-state index contributed by atoms with van der Waals surface area (Å²) < 4.78 is 0. The third-order valence-corrected chi connectivity index (χ3v) is 2.99. The first-order valence-corrected chi connectivity index (χ1v) is 4.94. The zero-order valence-electron chi connectivity index (χ0n) is 7.66. The van der Waals surface area contributed by atoms with Gasteiger partial charge in [0.2, 0.25) is 0 Å². The minimum atomic E-state index is 0.119. The number of aromatic nitrogens is 1. The average molecular weight is 174 g/mol. The fraction of sp³-hybridized carbons (Fsp3) is 0.545. The van der Waals surface area contributed by atoms with Crippen LogP contribution in [0.3, 0.4) is 0 Å². The molecule has 1 saturated carbocycles. The van der Waals surface area contributed by atoms with Gasteiger partial charge in [0.25, 0.3) is 0 Å². The van der Waals surface area contributed by atoms with Crippen molar-refractivity contribution in [2.75, 3.05) is 0 Å². The quantitative estimate of drug-likeness (QED) is 0.735. The molecule has 1 aliphatic rings. The van der Waals surface area contributed by atoms with Gasteiger partial charge in [0.1, 0.15) is 0 Å². The highest BCUT2D eigenvalue weighted by Crippen LogP contribution is 2.36. The lowest BCUT2D eigenvalue weighted by Crippen LogP contribution is -2.06. The Kier molecular flexibility index (Phi) is 2.35. The third-order valence-electron chi connectivity index (χ3n) is 2.99. The summed E-state index contributed by atoms with van der Waals surface area (Å²) in [6, 6.07) is 4.45. The smallest absolute Gasteiger partial charge is 0.0755 e. The van der Waals surface area contributed by atoms with Gasteiger partial charge in [-0.2, -0.15) is 5.26 Å². The van der Waals surface area contributed by atoms with Crippen molar-refractivity contribution in [3.8, 4) is 6.07 Å². The zero-order valence-corrected chi connectivity index (χ0v) is 7.66. The predicted molar refractivity (Wildman–Crippen MR) is 51.1 cm³/mol. The van der Waals surface area contributed by atoms with Crippen LogP contribution in [0.4, 0.5) is 0 Å². The molecule has 0 saturated heterocycles. The molecule has 0 bridgehead atoms. The van der Waals surface area contributed by atoms with Crippen molar-refractivity contribution in [1.82, 2.24) is 4.98 Å². The Morgan fingerprint density at radius 1 is 1.46 bits per heavy atom. The number of nitrogens with one attached hydrogen (secondary N) is 1. The molecule has 1 atom stereocenters. The molecule has 68 valence electrons. The normalized spacial score (nSPS) is 19.9. The summed E-state index contributed by atoms with van der Waals surface area (Å²) in [5.41, 5.74) is 1.16. The van der Waals surface area contributed by atoms with E-state index in [4.69, 9.17) is 5.26 Å². The Bertz CT molecular complexity index is 288. The average Bonchev–Trinajstić information content (AvgIpc) is 2.76. The number of hydrogen-bond acceptors (Lipinski definition) is 1. The minimum Gasteiger partial charge on any atom is -0.367 e. The van der Waals surface area contributed by atoms with Crippen LogP contribution >= 0.6 is 0 Å². The second-order valence-corrected chi connectivity index (χ2v) is 3.80. The van der Waals surface area contributed by atoms with Gasteiger partial charge in [-0.3, -0.25) is 0 Å². The fourth-order valence-corrected chi connectivity index (χ4v) is 2.27. The summed E-state index contributed by atoms with van der Waals surface area (Å²) in [7, 11) is 0. The molecule has 2 nitrogen and oxygen atoms in total. The highest BCUT2D eigenvalue weighted by atomic mass is 14.6. The van der Waals surface area contributed by atoms with Crippen LogP contribution in [0.5, 0.6) is 0 Å². The summed E-state index contributed by atoms with van der Waals surface area (Å²) in [5.74, 6) is 0.717. The molecule has 1 aromatic heterocycles. The molecule has 13 heavy (non-hydrogen) atoms. The largest absolute Gasteiger partial charge is 0.367 e. The van der Waals surface area contributed by atoms with Gasteiger partial charge in [-0.1, -0.05) is 12.8 Å². The van der Waals surface area contributed by atoms with E-state index in [1.54, 1.807) is 0 Å². The molecule has 2 rings (SSSR count). The number of rotatable bonds is 2. The highest BCUT2D eigenvalue weighted by molar-refractivity contribution is 5.23. The second-order valence-electron chi connectivity index (χ2n) is 3.80. The minimum absolute atomic E-state index is 0.119. The number of hydrogen-bond donors (Lipinski definition) is 1. The van der Waals surface area contributed by atoms with Crippen LogP contribution in [0.1, 0.15) is 37.2 Å². The molecular weight excluding hydrogens is 160 g/mol. The molecule has 0 amide bonds. The summed E-state index contributed by atoms with van der Waals surface area (Å²) in [4.78, 5) is 3.02. The molecular formula is C11H14N2. The van der Waals surface area contributed by atoms with Gasteiger partial charge in [-0.05, 0) is 30.4 Å². The maximum atomic E-state index is 9.09. The fourth-order valence-electron chi connectivity index (χ4n) is 2.27. The SMILES string of the molecule is N#CC(c1cc[nH]c1)C1CCCC1. The number of aromatic amines is 1. The summed E-state index contributed by atoms with van der Waals surface area (Å²) >= 11 is 0. The Labute approximate surface area is 78.6 Å². The van der Waals surface area contributed by atoms with Crippen molar-refractivity contribution in [3.63, 3.8) is 0 Å². The summed E-state index contributed by atoms with van der Waals surface area (Å²) in [5, 5.41) is 9.09. The van der Waals surface area contributed by atoms with Gasteiger partial charge < -0.3 is 4.98 Å². The van der Waals surface area contributed by atoms with Crippen LogP contribution in [0.25, 0.3) is 0 Å². The molecule has 1 aromatic rings. The van der Waals surface area contributed by atoms with E-state index in [9.17, 15) is 0 Å². The van der Waals surface area contributed by atoms with Gasteiger partial charge >= 0.3 is 0 Å². The first-order valence-electron chi connectivity index (χ1n) is 4.94. The topological polar surface area (TPSA) is 39.6 Å². The second kappa shape index (κ2) is 3.66. The number of nitrogens with zero attached hydrogens (tertiary/aromatic N) is 1. The molecule has 0 aromatic carbocycles. The van der Waals surface area contributed by atoms with E-state index in [1.807, 2.05) is 18.5 Å². The predicted octanol–water partition coefficient (Wildman–Crippen LogP) is 2.81. The Morgan fingerprint density at radius 3 is 2.77 bits per heavy atom. The van der Waals surface area contributed by atoms with E-state index in [-0.39, 0.29) is 5.92 Å². The van der Waals surface area contributed by atoms with E-state index in [2.05, 4.69) is 11.1 Å². The zero-order chi connectivity index (χ0) is 9.10. The molecule has 0 spiro atoms. The standard InChI is InChI=1S/C11H14N2/c12-7-11(9-3-1-2-4-9)10-5-6-13-8-10/h5-6,8-9,11,13H,1-4H2. The number of H-pyrrole nitrogens is 1. The molecule has 0 radical (unpaired) electrons. The lowest BCUT2D eigenvalue weighted by atomic mass is 9.87. The van der Waals surface area contributed by atoms with Gasteiger partial charge in [0.15, 0.2) is 0 Å². The lowest BCUT2D eigenvalue weighted by Gasteiger charge is -2.14. The number of nitriles is 1. The first-order chi connectivity index (χ1) is 6.42. The molecule has 0 aliphatic heterocycles. The van der Waals surface area contributed by atoms with E-state index < -0.39 is 0 Å². The van der Waals surface area contributed by atoms with Crippen LogP contribution in [-0.2, 0) is 0 Å². The summed E-state index contributed by atoms with van der Waals surface area (Å²) in [6.07, 6.45) is 8.90. The van der Waals surface area contributed by atoms with E-state index >= 15 is 0 Å². The Hall–Kier alpha value is -1.23. The van der Waals surface area contributed by atoms with Crippen molar-refractivity contribution in [3.05, 3.63) is 24.0 Å². The van der Waals surface area contributed by atoms with Crippen LogP contribution in [0.15, 0.2) is 18.5 Å². The van der Waals surface area contributed by atoms with Crippen molar-refractivity contribution in [2.24, 2.45) is 5.92 Å². The van der Waals surface area contributed by atoms with Crippen molar-refractivity contribution >= 4 is 0 Å². The van der Waals surface area contributed by atoms with Gasteiger partial charge in [0, 0.05) is 12.4 Å². The first kappa shape index (κ1) is 8.37. The van der Waals surface area contributed by atoms with Crippen molar-refractivity contribution in [1.29, 1.82) is 5.26 Å². The maximum Gasteiger partial charge on any atom is 0.0755 e. The molecule has 1 heterocycles. The van der Waals surface area contributed by atoms with Crippen LogP contribution < -0.4 is 0 Å². The lowest BCUT2D eigenvalue weighted by molar-refractivity contribution is 0.501. The van der Waals surface area contributed by atoms with Crippen molar-refractivity contribution < 1.29 is 0 Å².